The van der Waals surface area contributed by atoms with Crippen LogP contribution in [0.1, 0.15) is 100 Å². The van der Waals surface area contributed by atoms with Gasteiger partial charge in [-0.2, -0.15) is 0 Å². The van der Waals surface area contributed by atoms with Crippen molar-refractivity contribution in [2.24, 2.45) is 22.7 Å². The number of esters is 2. The van der Waals surface area contributed by atoms with Crippen LogP contribution in [0.5, 0.6) is 0 Å². The molecule has 5 unspecified atom stereocenters. The Hall–Kier alpha value is -1.36. The molecular formula is C27H44O5. The lowest BCUT2D eigenvalue weighted by molar-refractivity contribution is -0.253. The largest absolute Gasteiger partial charge is 0.465 e. The predicted molar refractivity (Wildman–Crippen MR) is 125 cm³/mol. The Morgan fingerprint density at radius 1 is 1.03 bits per heavy atom. The summed E-state index contributed by atoms with van der Waals surface area (Å²) < 4.78 is 18.3. The summed E-state index contributed by atoms with van der Waals surface area (Å²) in [6, 6.07) is 0. The zero-order chi connectivity index (χ0) is 23.9. The van der Waals surface area contributed by atoms with Gasteiger partial charge in [0.15, 0.2) is 0 Å². The lowest BCUT2D eigenvalue weighted by Gasteiger charge is -2.57. The van der Waals surface area contributed by atoms with Crippen molar-refractivity contribution in [1.82, 2.24) is 0 Å². The Bertz CT molecular complexity index is 762. The van der Waals surface area contributed by atoms with Crippen LogP contribution in [0.15, 0.2) is 11.6 Å². The van der Waals surface area contributed by atoms with Gasteiger partial charge in [0.05, 0.1) is 18.6 Å². The van der Waals surface area contributed by atoms with E-state index < -0.39 is 11.2 Å². The standard InChI is InChI=1S/C27H44O5/c1-18(2)17-21-22(25(21,6)7)23(29)30-16-9-11-20-12-15-27(32-20)24(4,5)13-10-14-26(27,8)31-19(3)28/h17,20-22H,9-16H2,1-8H3. The van der Waals surface area contributed by atoms with Crippen LogP contribution in [-0.4, -0.2) is 35.9 Å². The molecule has 5 nitrogen and oxygen atoms in total. The van der Waals surface area contributed by atoms with Crippen molar-refractivity contribution in [3.05, 3.63) is 11.6 Å². The summed E-state index contributed by atoms with van der Waals surface area (Å²) in [5.41, 5.74) is 0.120. The molecule has 5 heteroatoms. The van der Waals surface area contributed by atoms with E-state index in [-0.39, 0.29) is 40.7 Å². The van der Waals surface area contributed by atoms with Gasteiger partial charge in [-0.05, 0) is 82.5 Å². The van der Waals surface area contributed by atoms with Gasteiger partial charge in [0.1, 0.15) is 11.2 Å². The van der Waals surface area contributed by atoms with Gasteiger partial charge in [0.25, 0.3) is 0 Å². The first-order valence-corrected chi connectivity index (χ1v) is 12.4. The highest BCUT2D eigenvalue weighted by Gasteiger charge is 2.65. The first-order valence-electron chi connectivity index (χ1n) is 12.4. The lowest BCUT2D eigenvalue weighted by Crippen LogP contribution is -2.64. The Kier molecular flexibility index (Phi) is 6.93. The summed E-state index contributed by atoms with van der Waals surface area (Å²) in [6.45, 7) is 16.9. The Morgan fingerprint density at radius 3 is 2.34 bits per heavy atom. The van der Waals surface area contributed by atoms with Gasteiger partial charge in [-0.25, -0.2) is 0 Å². The first-order chi connectivity index (χ1) is 14.8. The number of rotatable bonds is 7. The van der Waals surface area contributed by atoms with Crippen molar-refractivity contribution in [3.8, 4) is 0 Å². The second-order valence-electron chi connectivity index (χ2n) is 12.0. The minimum Gasteiger partial charge on any atom is -0.465 e. The minimum atomic E-state index is -0.598. The van der Waals surface area contributed by atoms with Crippen LogP contribution in [-0.2, 0) is 23.8 Å². The summed E-state index contributed by atoms with van der Waals surface area (Å²) >= 11 is 0. The highest BCUT2D eigenvalue weighted by molar-refractivity contribution is 5.78. The van der Waals surface area contributed by atoms with E-state index in [0.717, 1.165) is 44.9 Å². The maximum absolute atomic E-state index is 12.6. The third-order valence-electron chi connectivity index (χ3n) is 8.55. The SMILES string of the molecule is CC(=O)OC1(C)CCCC(C)(C)C12CCC(CCCOC(=O)C1C(C=C(C)C)C1(C)C)O2. The molecule has 0 N–H and O–H groups in total. The van der Waals surface area contributed by atoms with Crippen LogP contribution in [0, 0.1) is 22.7 Å². The second kappa shape index (κ2) is 8.77. The third kappa shape index (κ3) is 4.51. The zero-order valence-electron chi connectivity index (χ0n) is 21.5. The van der Waals surface area contributed by atoms with Crippen molar-refractivity contribution in [2.45, 2.75) is 118 Å². The Morgan fingerprint density at radius 2 is 1.72 bits per heavy atom. The predicted octanol–water partition coefficient (Wildman–Crippen LogP) is 6.00. The summed E-state index contributed by atoms with van der Waals surface area (Å²) in [5.74, 6) is -0.0588. The monoisotopic (exact) mass is 448 g/mol. The van der Waals surface area contributed by atoms with Crippen LogP contribution in [0.3, 0.4) is 0 Å². The summed E-state index contributed by atoms with van der Waals surface area (Å²) in [4.78, 5) is 24.5. The van der Waals surface area contributed by atoms with Crippen molar-refractivity contribution in [2.75, 3.05) is 6.61 Å². The van der Waals surface area contributed by atoms with Crippen molar-refractivity contribution in [3.63, 3.8) is 0 Å². The van der Waals surface area contributed by atoms with Gasteiger partial charge in [-0.15, -0.1) is 0 Å². The normalized spacial score (nSPS) is 37.1. The van der Waals surface area contributed by atoms with Crippen LogP contribution in [0.2, 0.25) is 0 Å². The lowest BCUT2D eigenvalue weighted by atomic mass is 9.57. The van der Waals surface area contributed by atoms with Gasteiger partial charge in [0, 0.05) is 6.92 Å². The summed E-state index contributed by atoms with van der Waals surface area (Å²) in [6.07, 6.45) is 8.74. The molecule has 0 aromatic carbocycles. The molecule has 1 aliphatic heterocycles. The highest BCUT2D eigenvalue weighted by atomic mass is 16.6. The average molecular weight is 449 g/mol. The van der Waals surface area contributed by atoms with E-state index in [0.29, 0.717) is 6.61 Å². The fourth-order valence-electron chi connectivity index (χ4n) is 6.67. The molecule has 3 rings (SSSR count). The van der Waals surface area contributed by atoms with Gasteiger partial charge in [-0.3, -0.25) is 9.59 Å². The van der Waals surface area contributed by atoms with Crippen molar-refractivity contribution >= 4 is 11.9 Å². The van der Waals surface area contributed by atoms with Gasteiger partial charge in [0.2, 0.25) is 0 Å². The minimum absolute atomic E-state index is 0.0109. The number of carbonyl (C=O) groups is 2. The Balaban J connectivity index is 1.53. The smallest absolute Gasteiger partial charge is 0.310 e. The number of carbonyl (C=O) groups excluding carboxylic acids is 2. The molecule has 1 spiro atoms. The molecule has 1 heterocycles. The molecular weight excluding hydrogens is 404 g/mol. The molecule has 0 radical (unpaired) electrons. The third-order valence-corrected chi connectivity index (χ3v) is 8.55. The highest BCUT2D eigenvalue weighted by Crippen LogP contribution is 2.60. The number of allylic oxidation sites excluding steroid dienone is 2. The van der Waals surface area contributed by atoms with Gasteiger partial charge < -0.3 is 14.2 Å². The first kappa shape index (κ1) is 25.3. The average Bonchev–Trinajstić information content (AvgIpc) is 2.99. The van der Waals surface area contributed by atoms with E-state index in [1.165, 1.54) is 12.5 Å². The molecule has 2 saturated carbocycles. The molecule has 32 heavy (non-hydrogen) atoms. The van der Waals surface area contributed by atoms with E-state index in [9.17, 15) is 9.59 Å². The van der Waals surface area contributed by atoms with E-state index in [4.69, 9.17) is 14.2 Å². The fraction of sp³-hybridized carbons (Fsp3) is 0.852. The number of hydrogen-bond acceptors (Lipinski definition) is 5. The molecule has 0 aromatic rings. The van der Waals surface area contributed by atoms with Gasteiger partial charge >= 0.3 is 11.9 Å². The molecule has 0 aromatic heterocycles. The number of ether oxygens (including phenoxy) is 3. The van der Waals surface area contributed by atoms with Crippen LogP contribution in [0.25, 0.3) is 0 Å². The molecule has 3 fully saturated rings. The van der Waals surface area contributed by atoms with E-state index >= 15 is 0 Å². The van der Waals surface area contributed by atoms with Crippen LogP contribution < -0.4 is 0 Å². The zero-order valence-corrected chi connectivity index (χ0v) is 21.5. The second-order valence-corrected chi connectivity index (χ2v) is 12.0. The molecule has 1 saturated heterocycles. The Labute approximate surface area is 194 Å². The fourth-order valence-corrected chi connectivity index (χ4v) is 6.67. The summed E-state index contributed by atoms with van der Waals surface area (Å²) in [7, 11) is 0. The van der Waals surface area contributed by atoms with E-state index in [1.807, 2.05) is 0 Å². The van der Waals surface area contributed by atoms with Crippen LogP contribution in [0.4, 0.5) is 0 Å². The molecule has 5 atom stereocenters. The molecule has 0 amide bonds. The molecule has 2 aliphatic carbocycles. The van der Waals surface area contributed by atoms with Crippen molar-refractivity contribution in [1.29, 1.82) is 0 Å². The quantitative estimate of drug-likeness (QED) is 0.272. The van der Waals surface area contributed by atoms with Crippen LogP contribution >= 0.6 is 0 Å². The van der Waals surface area contributed by atoms with E-state index in [2.05, 4.69) is 54.5 Å². The molecule has 3 aliphatic rings. The molecule has 182 valence electrons. The maximum atomic E-state index is 12.6. The summed E-state index contributed by atoms with van der Waals surface area (Å²) in [5, 5.41) is 0. The van der Waals surface area contributed by atoms with E-state index in [1.54, 1.807) is 0 Å². The van der Waals surface area contributed by atoms with Crippen molar-refractivity contribution < 1.29 is 23.8 Å². The van der Waals surface area contributed by atoms with Gasteiger partial charge in [-0.1, -0.05) is 39.3 Å². The topological polar surface area (TPSA) is 61.8 Å². The number of hydrogen-bond donors (Lipinski definition) is 0. The maximum Gasteiger partial charge on any atom is 0.310 e. The molecule has 0 bridgehead atoms.